The lowest BCUT2D eigenvalue weighted by Gasteiger charge is -2.04. The van der Waals surface area contributed by atoms with Crippen LogP contribution in [-0.4, -0.2) is 11.1 Å². The zero-order valence-corrected chi connectivity index (χ0v) is 8.64. The van der Waals surface area contributed by atoms with Crippen molar-refractivity contribution in [3.63, 3.8) is 0 Å². The number of benzene rings is 1. The van der Waals surface area contributed by atoms with E-state index < -0.39 is 5.97 Å². The van der Waals surface area contributed by atoms with E-state index in [-0.39, 0.29) is 11.4 Å². The molecule has 0 bridgehead atoms. The first-order valence-electron chi connectivity index (χ1n) is 4.66. The molecule has 1 heterocycles. The Labute approximate surface area is 91.8 Å². The molecular weight excluding hydrogens is 208 g/mol. The number of rotatable bonds is 2. The summed E-state index contributed by atoms with van der Waals surface area (Å²) in [5.74, 6) is -0.254. The van der Waals surface area contributed by atoms with Crippen LogP contribution in [0.3, 0.4) is 0 Å². The van der Waals surface area contributed by atoms with Crippen molar-refractivity contribution >= 4 is 11.7 Å². The van der Waals surface area contributed by atoms with Gasteiger partial charge in [-0.25, -0.2) is 4.79 Å². The van der Waals surface area contributed by atoms with Crippen molar-refractivity contribution in [2.75, 3.05) is 5.73 Å². The fourth-order valence-corrected chi connectivity index (χ4v) is 1.22. The Morgan fingerprint density at radius 1 is 1.44 bits per heavy atom. The smallest absolute Gasteiger partial charge is 0.384 e. The van der Waals surface area contributed by atoms with Crippen LogP contribution in [-0.2, 0) is 0 Å². The highest BCUT2D eigenvalue weighted by Gasteiger charge is 2.17. The lowest BCUT2D eigenvalue weighted by molar-refractivity contribution is 0.0691. The molecule has 2 aromatic rings. The molecule has 2 N–H and O–H groups in total. The summed E-state index contributed by atoms with van der Waals surface area (Å²) in [5, 5.41) is 3.41. The third-order valence-corrected chi connectivity index (χ3v) is 2.08. The van der Waals surface area contributed by atoms with Crippen LogP contribution < -0.4 is 10.5 Å². The van der Waals surface area contributed by atoms with Crippen molar-refractivity contribution < 1.29 is 14.1 Å². The third-order valence-electron chi connectivity index (χ3n) is 2.08. The first-order valence-corrected chi connectivity index (χ1v) is 4.66. The second-order valence-electron chi connectivity index (χ2n) is 3.27. The zero-order valence-electron chi connectivity index (χ0n) is 8.64. The Hall–Kier alpha value is -2.30. The zero-order chi connectivity index (χ0) is 11.5. The number of aromatic nitrogens is 1. The molecule has 1 aromatic heterocycles. The largest absolute Gasteiger partial charge is 0.420 e. The van der Waals surface area contributed by atoms with E-state index in [1.165, 1.54) is 6.20 Å². The Kier molecular flexibility index (Phi) is 2.59. The highest BCUT2D eigenvalue weighted by molar-refractivity contribution is 5.93. The van der Waals surface area contributed by atoms with Crippen molar-refractivity contribution in [2.45, 2.75) is 6.92 Å². The molecule has 1 aromatic carbocycles. The van der Waals surface area contributed by atoms with Crippen LogP contribution in [0.4, 0.5) is 5.69 Å². The fraction of sp³-hybridized carbons (Fsp3) is 0.0909. The topological polar surface area (TPSA) is 78.3 Å². The molecule has 0 spiro atoms. The van der Waals surface area contributed by atoms with Crippen LogP contribution in [0.25, 0.3) is 0 Å². The number of esters is 1. The minimum atomic E-state index is -0.649. The number of anilines is 1. The second kappa shape index (κ2) is 4.06. The van der Waals surface area contributed by atoms with Gasteiger partial charge in [-0.15, -0.1) is 0 Å². The van der Waals surface area contributed by atoms with Gasteiger partial charge >= 0.3 is 5.97 Å². The van der Waals surface area contributed by atoms with E-state index >= 15 is 0 Å². The molecule has 0 aliphatic rings. The predicted octanol–water partition coefficient (Wildman–Crippen LogP) is 1.78. The van der Waals surface area contributed by atoms with Gasteiger partial charge in [-0.1, -0.05) is 23.4 Å². The molecule has 0 saturated carbocycles. The van der Waals surface area contributed by atoms with Gasteiger partial charge in [0.2, 0.25) is 0 Å². The Morgan fingerprint density at radius 3 is 2.81 bits per heavy atom. The van der Waals surface area contributed by atoms with Crippen molar-refractivity contribution in [2.24, 2.45) is 0 Å². The van der Waals surface area contributed by atoms with Crippen LogP contribution in [0, 0.1) is 6.92 Å². The fourth-order valence-electron chi connectivity index (χ4n) is 1.22. The van der Waals surface area contributed by atoms with Crippen LogP contribution in [0.15, 0.2) is 35.0 Å². The van der Waals surface area contributed by atoms with Crippen LogP contribution in [0.5, 0.6) is 5.75 Å². The van der Waals surface area contributed by atoms with Gasteiger partial charge in [0, 0.05) is 0 Å². The molecule has 0 aliphatic carbocycles. The predicted molar refractivity (Wildman–Crippen MR) is 57.1 cm³/mol. The molecule has 2 rings (SSSR count). The lowest BCUT2D eigenvalue weighted by Crippen LogP contribution is -2.10. The maximum Gasteiger partial charge on any atom is 0.384 e. The summed E-state index contributed by atoms with van der Waals surface area (Å²) in [5.41, 5.74) is 6.50. The first kappa shape index (κ1) is 10.2. The van der Waals surface area contributed by atoms with E-state index in [1.807, 2.05) is 19.1 Å². The molecule has 0 fully saturated rings. The number of hydrogen-bond donors (Lipinski definition) is 1. The number of aryl methyl sites for hydroxylation is 1. The van der Waals surface area contributed by atoms with Gasteiger partial charge in [-0.2, -0.15) is 0 Å². The second-order valence-corrected chi connectivity index (χ2v) is 3.27. The van der Waals surface area contributed by atoms with E-state index in [0.29, 0.717) is 5.75 Å². The SMILES string of the molecule is Cc1ccccc1OC(=O)c1oncc1N. The molecule has 0 radical (unpaired) electrons. The summed E-state index contributed by atoms with van der Waals surface area (Å²) >= 11 is 0. The molecule has 5 nitrogen and oxygen atoms in total. The summed E-state index contributed by atoms with van der Waals surface area (Å²) in [6.45, 7) is 1.84. The van der Waals surface area contributed by atoms with Gasteiger partial charge < -0.3 is 15.0 Å². The molecule has 82 valence electrons. The number of nitrogens with zero attached hydrogens (tertiary/aromatic N) is 1. The molecule has 16 heavy (non-hydrogen) atoms. The number of ether oxygens (including phenoxy) is 1. The van der Waals surface area contributed by atoms with Crippen molar-refractivity contribution in [3.8, 4) is 5.75 Å². The molecule has 0 amide bonds. The number of nitrogen functional groups attached to an aromatic ring is 1. The number of carbonyl (C=O) groups is 1. The monoisotopic (exact) mass is 218 g/mol. The van der Waals surface area contributed by atoms with E-state index in [4.69, 9.17) is 10.5 Å². The van der Waals surface area contributed by atoms with Gasteiger partial charge in [0.05, 0.1) is 6.20 Å². The summed E-state index contributed by atoms with van der Waals surface area (Å²) in [4.78, 5) is 11.6. The quantitative estimate of drug-likeness (QED) is 0.614. The standard InChI is InChI=1S/C11H10N2O3/c1-7-4-2-3-5-9(7)15-11(14)10-8(12)6-13-16-10/h2-6H,12H2,1H3. The number of hydrogen-bond acceptors (Lipinski definition) is 5. The third kappa shape index (κ3) is 1.88. The van der Waals surface area contributed by atoms with Gasteiger partial charge in [-0.05, 0) is 18.6 Å². The minimum absolute atomic E-state index is 0.0803. The highest BCUT2D eigenvalue weighted by Crippen LogP contribution is 2.19. The van der Waals surface area contributed by atoms with Gasteiger partial charge in [0.25, 0.3) is 5.76 Å². The number of nitrogens with two attached hydrogens (primary N) is 1. The van der Waals surface area contributed by atoms with Crippen LogP contribution in [0.1, 0.15) is 16.1 Å². The average molecular weight is 218 g/mol. The molecular formula is C11H10N2O3. The van der Waals surface area contributed by atoms with Gasteiger partial charge in [0.1, 0.15) is 11.4 Å². The molecule has 0 saturated heterocycles. The molecule has 0 unspecified atom stereocenters. The molecule has 0 atom stereocenters. The van der Waals surface area contributed by atoms with E-state index in [2.05, 4.69) is 9.68 Å². The Morgan fingerprint density at radius 2 is 2.19 bits per heavy atom. The number of carbonyl (C=O) groups excluding carboxylic acids is 1. The van der Waals surface area contributed by atoms with Crippen LogP contribution >= 0.6 is 0 Å². The molecule has 5 heteroatoms. The minimum Gasteiger partial charge on any atom is -0.420 e. The highest BCUT2D eigenvalue weighted by atomic mass is 16.6. The van der Waals surface area contributed by atoms with Crippen molar-refractivity contribution in [3.05, 3.63) is 41.8 Å². The number of para-hydroxylation sites is 1. The normalized spacial score (nSPS) is 10.1. The van der Waals surface area contributed by atoms with Crippen molar-refractivity contribution in [1.29, 1.82) is 0 Å². The lowest BCUT2D eigenvalue weighted by atomic mass is 10.2. The molecule has 0 aliphatic heterocycles. The first-order chi connectivity index (χ1) is 7.68. The summed E-state index contributed by atoms with van der Waals surface area (Å²) in [7, 11) is 0. The van der Waals surface area contributed by atoms with E-state index in [0.717, 1.165) is 5.56 Å². The van der Waals surface area contributed by atoms with Crippen molar-refractivity contribution in [1.82, 2.24) is 5.16 Å². The summed E-state index contributed by atoms with van der Waals surface area (Å²) in [6, 6.07) is 7.17. The van der Waals surface area contributed by atoms with Gasteiger partial charge in [0.15, 0.2) is 0 Å². The van der Waals surface area contributed by atoms with Crippen LogP contribution in [0.2, 0.25) is 0 Å². The summed E-state index contributed by atoms with van der Waals surface area (Å²) < 4.78 is 9.81. The maximum absolute atomic E-state index is 11.6. The Bertz CT molecular complexity index is 519. The maximum atomic E-state index is 11.6. The van der Waals surface area contributed by atoms with Gasteiger partial charge in [-0.3, -0.25) is 0 Å². The van der Waals surface area contributed by atoms with E-state index in [9.17, 15) is 4.79 Å². The average Bonchev–Trinajstić information content (AvgIpc) is 2.68. The summed E-state index contributed by atoms with van der Waals surface area (Å²) in [6.07, 6.45) is 1.26. The Balaban J connectivity index is 2.21. The van der Waals surface area contributed by atoms with E-state index in [1.54, 1.807) is 12.1 Å².